The molecule has 1 aromatic heterocycles. The fourth-order valence-electron chi connectivity index (χ4n) is 4.18. The number of nitrogens with one attached hydrogen (secondary N) is 2. The lowest BCUT2D eigenvalue weighted by molar-refractivity contribution is 0.0657. The molecule has 0 spiro atoms. The molecule has 4 rings (SSSR count). The van der Waals surface area contributed by atoms with Crippen molar-refractivity contribution in [3.05, 3.63) is 70.9 Å². The van der Waals surface area contributed by atoms with Crippen LogP contribution in [0.15, 0.2) is 48.7 Å². The molecule has 0 unspecified atom stereocenters. The number of aryl methyl sites for hydroxylation is 1. The highest BCUT2D eigenvalue weighted by Gasteiger charge is 2.36. The Morgan fingerprint density at radius 1 is 1.21 bits per heavy atom. The minimum atomic E-state index is -2.62. The third-order valence-electron chi connectivity index (χ3n) is 6.23. The van der Waals surface area contributed by atoms with Crippen molar-refractivity contribution in [1.29, 1.82) is 0 Å². The van der Waals surface area contributed by atoms with Gasteiger partial charge in [0.05, 0.1) is 25.0 Å². The molecule has 34 heavy (non-hydrogen) atoms. The molecule has 0 saturated heterocycles. The molecule has 1 aliphatic heterocycles. The normalized spacial score (nSPS) is 17.8. The fraction of sp³-hybridized carbons (Fsp3) is 0.385. The van der Waals surface area contributed by atoms with Gasteiger partial charge in [0.2, 0.25) is 0 Å². The van der Waals surface area contributed by atoms with Crippen LogP contribution in [0.4, 0.5) is 20.3 Å². The van der Waals surface area contributed by atoms with Gasteiger partial charge in [0, 0.05) is 0 Å². The van der Waals surface area contributed by atoms with Crippen molar-refractivity contribution in [3.8, 4) is 5.75 Å². The molecule has 0 saturated carbocycles. The minimum Gasteiger partial charge on any atom is -0.495 e. The van der Waals surface area contributed by atoms with Crippen LogP contribution in [0.1, 0.15) is 66.3 Å². The number of hydrogen-bond acceptors (Lipinski definition) is 4. The number of amides is 1. The van der Waals surface area contributed by atoms with E-state index >= 15 is 0 Å². The summed E-state index contributed by atoms with van der Waals surface area (Å²) >= 11 is 0. The highest BCUT2D eigenvalue weighted by atomic mass is 19.3. The summed E-state index contributed by atoms with van der Waals surface area (Å²) < 4.78 is 34.6. The number of alkyl halides is 2. The number of nitrogens with zero attached hydrogens (tertiary/aromatic N) is 2. The third kappa shape index (κ3) is 4.62. The SMILES string of the molecule is COc1ccc(C(C)(C)C)cc1NC(=O)c1cnn2c1N[C@H](c1ccc(C)cc1)C[C@H]2C(F)F. The fourth-order valence-corrected chi connectivity index (χ4v) is 4.18. The molecular weight excluding hydrogens is 438 g/mol. The molecule has 180 valence electrons. The van der Waals surface area contributed by atoms with Crippen LogP contribution >= 0.6 is 0 Å². The number of fused-ring (bicyclic) bond motifs is 1. The molecule has 2 aromatic carbocycles. The van der Waals surface area contributed by atoms with Gasteiger partial charge >= 0.3 is 0 Å². The van der Waals surface area contributed by atoms with Gasteiger partial charge in [-0.25, -0.2) is 13.5 Å². The molecule has 1 amide bonds. The van der Waals surface area contributed by atoms with E-state index in [-0.39, 0.29) is 29.3 Å². The molecule has 2 heterocycles. The largest absolute Gasteiger partial charge is 0.495 e. The molecule has 2 N–H and O–H groups in total. The maximum Gasteiger partial charge on any atom is 0.261 e. The quantitative estimate of drug-likeness (QED) is 0.474. The first-order valence-corrected chi connectivity index (χ1v) is 11.3. The topological polar surface area (TPSA) is 68.2 Å². The Bertz CT molecular complexity index is 1180. The molecule has 0 bridgehead atoms. The standard InChI is InChI=1S/C26H30F2N4O2/c1-15-6-8-16(9-7-15)19-13-21(23(27)28)32-24(30-19)18(14-29-32)25(33)31-20-12-17(26(2,3)4)10-11-22(20)34-5/h6-12,14,19,21,23,30H,13H2,1-5H3,(H,31,33)/t19-,21-/m0/s1. The van der Waals surface area contributed by atoms with Gasteiger partial charge < -0.3 is 15.4 Å². The zero-order chi connectivity index (χ0) is 24.6. The third-order valence-corrected chi connectivity index (χ3v) is 6.23. The van der Waals surface area contributed by atoms with E-state index in [0.29, 0.717) is 11.4 Å². The summed E-state index contributed by atoms with van der Waals surface area (Å²) in [6.07, 6.45) is -1.11. The van der Waals surface area contributed by atoms with Crippen molar-refractivity contribution in [2.75, 3.05) is 17.7 Å². The summed E-state index contributed by atoms with van der Waals surface area (Å²) in [4.78, 5) is 13.3. The van der Waals surface area contributed by atoms with E-state index in [1.807, 2.05) is 49.4 Å². The number of carbonyl (C=O) groups is 1. The Balaban J connectivity index is 1.67. The predicted octanol–water partition coefficient (Wildman–Crippen LogP) is 6.11. The summed E-state index contributed by atoms with van der Waals surface area (Å²) in [5.41, 5.74) is 3.57. The number of carbonyl (C=O) groups excluding carboxylic acids is 1. The van der Waals surface area contributed by atoms with Gasteiger partial charge in [-0.2, -0.15) is 5.10 Å². The summed E-state index contributed by atoms with van der Waals surface area (Å²) in [6.45, 7) is 8.21. The summed E-state index contributed by atoms with van der Waals surface area (Å²) in [6, 6.07) is 11.9. The number of ether oxygens (including phenoxy) is 1. The lowest BCUT2D eigenvalue weighted by atomic mass is 9.87. The lowest BCUT2D eigenvalue weighted by Gasteiger charge is -2.32. The molecule has 6 nitrogen and oxygen atoms in total. The highest BCUT2D eigenvalue weighted by molar-refractivity contribution is 6.08. The number of benzene rings is 2. The minimum absolute atomic E-state index is 0.129. The van der Waals surface area contributed by atoms with Crippen LogP contribution in [0.2, 0.25) is 0 Å². The van der Waals surface area contributed by atoms with E-state index in [1.54, 1.807) is 0 Å². The van der Waals surface area contributed by atoms with Crippen molar-refractivity contribution in [1.82, 2.24) is 9.78 Å². The zero-order valence-corrected chi connectivity index (χ0v) is 20.0. The molecule has 3 aromatic rings. The first-order valence-electron chi connectivity index (χ1n) is 11.3. The Morgan fingerprint density at radius 3 is 2.53 bits per heavy atom. The average Bonchev–Trinajstić information content (AvgIpc) is 3.22. The van der Waals surface area contributed by atoms with Gasteiger partial charge in [-0.15, -0.1) is 0 Å². The summed E-state index contributed by atoms with van der Waals surface area (Å²) in [5.74, 6) is 0.347. The van der Waals surface area contributed by atoms with Crippen LogP contribution in [0, 0.1) is 6.92 Å². The van der Waals surface area contributed by atoms with Crippen LogP contribution in [0.3, 0.4) is 0 Å². The van der Waals surface area contributed by atoms with Gasteiger partial charge in [0.1, 0.15) is 23.2 Å². The van der Waals surface area contributed by atoms with E-state index in [9.17, 15) is 13.6 Å². The van der Waals surface area contributed by atoms with Crippen molar-refractivity contribution >= 4 is 17.4 Å². The summed E-state index contributed by atoms with van der Waals surface area (Å²) in [5, 5.41) is 10.3. The maximum absolute atomic E-state index is 14.0. The number of hydrogen-bond donors (Lipinski definition) is 2. The van der Waals surface area contributed by atoms with Gasteiger partial charge in [-0.3, -0.25) is 4.79 Å². The van der Waals surface area contributed by atoms with E-state index in [1.165, 1.54) is 18.0 Å². The molecule has 1 aliphatic rings. The number of halogens is 2. The monoisotopic (exact) mass is 468 g/mol. The number of anilines is 2. The zero-order valence-electron chi connectivity index (χ0n) is 20.0. The van der Waals surface area contributed by atoms with E-state index in [4.69, 9.17) is 4.74 Å². The van der Waals surface area contributed by atoms with Crippen molar-refractivity contribution in [2.45, 2.75) is 58.0 Å². The Kier molecular flexibility index (Phi) is 6.34. The van der Waals surface area contributed by atoms with E-state index in [2.05, 4.69) is 36.5 Å². The molecule has 0 aliphatic carbocycles. The Morgan fingerprint density at radius 2 is 1.91 bits per heavy atom. The first-order chi connectivity index (χ1) is 16.1. The van der Waals surface area contributed by atoms with Crippen LogP contribution in [-0.4, -0.2) is 29.2 Å². The van der Waals surface area contributed by atoms with Crippen LogP contribution in [0.5, 0.6) is 5.75 Å². The Labute approximate surface area is 198 Å². The maximum atomic E-state index is 14.0. The average molecular weight is 469 g/mol. The van der Waals surface area contributed by atoms with Crippen LogP contribution in [0.25, 0.3) is 0 Å². The van der Waals surface area contributed by atoms with Gasteiger partial charge in [-0.05, 0) is 42.0 Å². The summed E-state index contributed by atoms with van der Waals surface area (Å²) in [7, 11) is 1.53. The number of rotatable bonds is 5. The molecular formula is C26H30F2N4O2. The Hall–Kier alpha value is -3.42. The predicted molar refractivity (Wildman–Crippen MR) is 129 cm³/mol. The molecule has 0 radical (unpaired) electrons. The van der Waals surface area contributed by atoms with Gasteiger partial charge in [0.25, 0.3) is 12.3 Å². The number of aromatic nitrogens is 2. The second-order valence-corrected chi connectivity index (χ2v) is 9.72. The highest BCUT2D eigenvalue weighted by Crippen LogP contribution is 2.40. The number of methoxy groups -OCH3 is 1. The first kappa shape index (κ1) is 23.7. The van der Waals surface area contributed by atoms with Crippen molar-refractivity contribution in [2.24, 2.45) is 0 Å². The molecule has 8 heteroatoms. The smallest absolute Gasteiger partial charge is 0.261 e. The lowest BCUT2D eigenvalue weighted by Crippen LogP contribution is -2.31. The second-order valence-electron chi connectivity index (χ2n) is 9.72. The van der Waals surface area contributed by atoms with Crippen LogP contribution < -0.4 is 15.4 Å². The van der Waals surface area contributed by atoms with Crippen molar-refractivity contribution < 1.29 is 18.3 Å². The molecule has 0 fully saturated rings. The van der Waals surface area contributed by atoms with Gasteiger partial charge in [0.15, 0.2) is 0 Å². The van der Waals surface area contributed by atoms with E-state index < -0.39 is 18.4 Å². The van der Waals surface area contributed by atoms with Crippen LogP contribution in [-0.2, 0) is 5.41 Å². The molecule has 2 atom stereocenters. The van der Waals surface area contributed by atoms with E-state index in [0.717, 1.165) is 16.7 Å². The second kappa shape index (κ2) is 9.08. The van der Waals surface area contributed by atoms with Crippen molar-refractivity contribution in [3.63, 3.8) is 0 Å². The van der Waals surface area contributed by atoms with Gasteiger partial charge in [-0.1, -0.05) is 56.7 Å².